The first-order chi connectivity index (χ1) is 41.8. The highest BCUT2D eigenvalue weighted by Crippen LogP contribution is 2.24. The fraction of sp³-hybridized carbons (Fsp3) is 0.549. The fourth-order valence-corrected chi connectivity index (χ4v) is 8.74. The standard InChI is InChI=1S/C51H70N10O27S.H2O/c52-51-60-43-38(48(84)61-51)55-22(14-54-43)13-53-21-3-1-19(2-4-21)44(80)56-26(49(85)86)6-5-23(65)9-24(39(76)41(78)34(70)16-63)46(82)58-27(11-36(72)73)30(66)7-20(8-32(68)33(69)15-62)45(81)57-28(12-37(74)75)31(67)10-25(40(77)42(79)35(71)17-64)47(83)59-29(18-89)50(87)88;/h1-4,14,20,24-29,32-35,39-42,53,62-64,68-71,76-79,89H,5-13,15-18H2,(H,56,80)(H,57,81)(H,58,82)(H,59,83)(H,72,73)(H,74,75)(H,85,86)(H,87,88)(H3,52,54,60,61,84);1H2/t20?,24?,25?,26-,27-,28-,29+,32-,33+,34+,35+,39?,40?,41+,42+;/m0./s1. The largest absolute Gasteiger partial charge is 0.481 e. The van der Waals surface area contributed by atoms with E-state index >= 15 is 0 Å². The number of carbonyl (C=O) groups is 11. The van der Waals surface area contributed by atoms with E-state index in [9.17, 15) is 134 Å². The minimum absolute atomic E-state index is 0. The van der Waals surface area contributed by atoms with Gasteiger partial charge >= 0.3 is 23.9 Å². The lowest BCUT2D eigenvalue weighted by molar-refractivity contribution is -0.148. The smallest absolute Gasteiger partial charge is 0.327 e. The molecule has 0 spiro atoms. The quantitative estimate of drug-likeness (QED) is 0.0235. The summed E-state index contributed by atoms with van der Waals surface area (Å²) in [4.78, 5) is 171. The zero-order chi connectivity index (χ0) is 67.1. The van der Waals surface area contributed by atoms with E-state index in [1.807, 2.05) is 16.0 Å². The van der Waals surface area contributed by atoms with Gasteiger partial charge in [0.25, 0.3) is 11.5 Å². The number of aromatic nitrogens is 4. The summed E-state index contributed by atoms with van der Waals surface area (Å²) < 4.78 is 0. The van der Waals surface area contributed by atoms with Crippen molar-refractivity contribution in [2.75, 3.05) is 36.6 Å². The second-order valence-electron chi connectivity index (χ2n) is 20.2. The van der Waals surface area contributed by atoms with Crippen molar-refractivity contribution in [2.24, 2.45) is 17.8 Å². The molecule has 0 aliphatic heterocycles. The van der Waals surface area contributed by atoms with Crippen molar-refractivity contribution in [1.29, 1.82) is 0 Å². The molecule has 25 N–H and O–H groups in total. The highest BCUT2D eigenvalue weighted by molar-refractivity contribution is 7.80. The number of thiol groups is 1. The van der Waals surface area contributed by atoms with E-state index in [2.05, 4.69) is 43.2 Å². The zero-order valence-corrected chi connectivity index (χ0v) is 48.1. The molecule has 0 aliphatic rings. The molecular formula is C51H72N10O28S. The molecule has 5 unspecified atom stereocenters. The van der Waals surface area contributed by atoms with Crippen LogP contribution in [0.4, 0.5) is 11.6 Å². The third-order valence-electron chi connectivity index (χ3n) is 13.6. The van der Waals surface area contributed by atoms with Crippen LogP contribution in [0.5, 0.6) is 0 Å². The summed E-state index contributed by atoms with van der Waals surface area (Å²) in [6.07, 6.45) is -26.7. The Morgan fingerprint density at radius 1 is 0.578 bits per heavy atom. The van der Waals surface area contributed by atoms with Gasteiger partial charge in [0, 0.05) is 48.6 Å². The number of aliphatic hydroxyl groups excluding tert-OH is 11. The predicted octanol–water partition coefficient (Wildman–Crippen LogP) is -9.56. The molecule has 0 bridgehead atoms. The highest BCUT2D eigenvalue weighted by Gasteiger charge is 2.43. The number of aliphatic carboxylic acids is 4. The first-order valence-corrected chi connectivity index (χ1v) is 27.3. The second kappa shape index (κ2) is 37.0. The number of carboxylic acid groups (broad SMARTS) is 4. The van der Waals surface area contributed by atoms with Crippen molar-refractivity contribution in [3.8, 4) is 0 Å². The highest BCUT2D eigenvalue weighted by atomic mass is 32.1. The van der Waals surface area contributed by atoms with Gasteiger partial charge in [-0.05, 0) is 37.1 Å². The maximum Gasteiger partial charge on any atom is 0.327 e. The first-order valence-electron chi connectivity index (χ1n) is 26.7. The number of nitrogens with one attached hydrogen (secondary N) is 6. The van der Waals surface area contributed by atoms with E-state index in [1.54, 1.807) is 0 Å². The Kier molecular flexibility index (Phi) is 32.0. The summed E-state index contributed by atoms with van der Waals surface area (Å²) >= 11 is 3.78. The number of nitrogen functional groups attached to an aromatic ring is 1. The number of rotatable bonds is 41. The maximum absolute atomic E-state index is 14.1. The number of hydrogen-bond donors (Lipinski definition) is 23. The predicted molar refractivity (Wildman–Crippen MR) is 303 cm³/mol. The van der Waals surface area contributed by atoms with Crippen LogP contribution in [0.15, 0.2) is 35.3 Å². The number of hydrogen-bond acceptors (Lipinski definition) is 29. The number of fused-ring (bicyclic) bond motifs is 1. The number of Topliss-reactive ketones (excluding diaryl/α,β-unsaturated/α-hetero) is 3. The van der Waals surface area contributed by atoms with Crippen molar-refractivity contribution in [3.05, 3.63) is 52.1 Å². The number of benzene rings is 1. The van der Waals surface area contributed by atoms with Crippen molar-refractivity contribution in [3.63, 3.8) is 0 Å². The summed E-state index contributed by atoms with van der Waals surface area (Å²) in [7, 11) is 0. The van der Waals surface area contributed by atoms with Crippen LogP contribution in [0.1, 0.15) is 67.4 Å². The van der Waals surface area contributed by atoms with Gasteiger partial charge in [-0.25, -0.2) is 19.6 Å². The number of ketones is 3. The normalized spacial score (nSPS) is 16.4. The molecule has 38 nitrogen and oxygen atoms in total. The van der Waals surface area contributed by atoms with E-state index in [0.29, 0.717) is 11.4 Å². The van der Waals surface area contributed by atoms with E-state index in [4.69, 9.17) is 5.73 Å². The lowest BCUT2D eigenvalue weighted by Gasteiger charge is -2.30. The van der Waals surface area contributed by atoms with Gasteiger partial charge in [-0.2, -0.15) is 17.6 Å². The average molecular weight is 1310 g/mol. The molecule has 2 aromatic heterocycles. The number of nitrogens with two attached hydrogens (primary N) is 1. The second-order valence-corrected chi connectivity index (χ2v) is 20.6. The molecule has 3 rings (SSSR count). The third kappa shape index (κ3) is 23.6. The van der Waals surface area contributed by atoms with Crippen LogP contribution in [0.25, 0.3) is 11.2 Å². The topological polar surface area (TPSA) is 680 Å². The van der Waals surface area contributed by atoms with Crippen LogP contribution in [0.3, 0.4) is 0 Å². The van der Waals surface area contributed by atoms with Gasteiger partial charge in [0.1, 0.15) is 48.4 Å². The number of anilines is 2. The number of aromatic amines is 1. The number of aliphatic hydroxyl groups is 11. The van der Waals surface area contributed by atoms with E-state index in [-0.39, 0.29) is 34.7 Å². The third-order valence-corrected chi connectivity index (χ3v) is 14.0. The van der Waals surface area contributed by atoms with E-state index < -0.39 is 238 Å². The Morgan fingerprint density at radius 2 is 1.07 bits per heavy atom. The molecule has 15 atom stereocenters. The molecule has 500 valence electrons. The summed E-state index contributed by atoms with van der Waals surface area (Å²) in [6, 6.07) is -2.86. The van der Waals surface area contributed by atoms with Crippen molar-refractivity contribution >= 4 is 100 Å². The number of carbonyl (C=O) groups excluding carboxylic acids is 7. The Morgan fingerprint density at radius 3 is 1.56 bits per heavy atom. The Bertz CT molecular complexity index is 3050. The minimum atomic E-state index is -2.56. The van der Waals surface area contributed by atoms with Crippen molar-refractivity contribution in [1.82, 2.24) is 41.2 Å². The molecule has 0 saturated heterocycles. The SMILES string of the molecule is Nc1nc2ncc(CNc3ccc(C(=O)N[C@@H](CCC(=O)CC(C(=O)N[C@@H](CC(=O)O)C(=O)CC(C[C@H](O)[C@H](O)CO)C(=O)N[C@@H](CC(=O)O)C(=O)CC(C(=O)N[C@H](CS)C(=O)O)C(O)[C@H](O)[C@H](O)CO)C(O)[C@H](O)[C@H](O)CO)C(=O)O)cc3)nc2c(=O)[nH]1.O. The molecular weight excluding hydrogens is 1230 g/mol. The molecule has 0 saturated carbocycles. The number of carboxylic acids is 4. The van der Waals surface area contributed by atoms with Crippen LogP contribution >= 0.6 is 12.6 Å². The summed E-state index contributed by atoms with van der Waals surface area (Å²) in [5.41, 5.74) is 5.47. The van der Waals surface area contributed by atoms with Gasteiger partial charge in [-0.1, -0.05) is 0 Å². The summed E-state index contributed by atoms with van der Waals surface area (Å²) in [5.74, 6) is -24.4. The van der Waals surface area contributed by atoms with Crippen LogP contribution in [0, 0.1) is 17.8 Å². The minimum Gasteiger partial charge on any atom is -0.481 e. The molecule has 2 heterocycles. The number of H-pyrrole nitrogens is 1. The van der Waals surface area contributed by atoms with Crippen molar-refractivity contribution < 1.29 is 135 Å². The lowest BCUT2D eigenvalue weighted by atomic mass is 9.86. The van der Waals surface area contributed by atoms with Gasteiger partial charge in [0.2, 0.25) is 23.7 Å². The van der Waals surface area contributed by atoms with Gasteiger partial charge in [0.15, 0.2) is 22.7 Å². The van der Waals surface area contributed by atoms with Gasteiger partial charge in [0.05, 0.1) is 93.3 Å². The van der Waals surface area contributed by atoms with E-state index in [1.165, 1.54) is 30.5 Å². The first kappa shape index (κ1) is 77.8. The van der Waals surface area contributed by atoms with Crippen LogP contribution in [0.2, 0.25) is 0 Å². The van der Waals surface area contributed by atoms with Gasteiger partial charge in [-0.3, -0.25) is 52.9 Å². The molecule has 90 heavy (non-hydrogen) atoms. The Labute approximate surface area is 512 Å². The molecule has 1 aromatic carbocycles. The number of amides is 4. The fourth-order valence-electron chi connectivity index (χ4n) is 8.49. The monoisotopic (exact) mass is 1300 g/mol. The Hall–Kier alpha value is -8.32. The van der Waals surface area contributed by atoms with Gasteiger partial charge < -0.3 is 114 Å². The average Bonchev–Trinajstić information content (AvgIpc) is 1.37. The van der Waals surface area contributed by atoms with Crippen LogP contribution in [-0.4, -0.2) is 265 Å². The van der Waals surface area contributed by atoms with Gasteiger partial charge in [-0.15, -0.1) is 0 Å². The van der Waals surface area contributed by atoms with Crippen LogP contribution < -0.4 is 37.9 Å². The van der Waals surface area contributed by atoms with Crippen molar-refractivity contribution in [2.45, 2.75) is 131 Å². The molecule has 4 amide bonds. The summed E-state index contributed by atoms with van der Waals surface area (Å²) in [6.45, 7) is -3.67. The molecule has 0 aliphatic carbocycles. The molecule has 39 heteroatoms. The maximum atomic E-state index is 14.1. The summed E-state index contributed by atoms with van der Waals surface area (Å²) in [5, 5.41) is 162. The van der Waals surface area contributed by atoms with Crippen LogP contribution in [-0.2, 0) is 54.5 Å². The molecule has 0 fully saturated rings. The lowest BCUT2D eigenvalue weighted by Crippen LogP contribution is -2.54. The Balaban J connectivity index is 0.0000276. The molecule has 3 aromatic rings. The van der Waals surface area contributed by atoms with E-state index in [0.717, 1.165) is 0 Å². The molecule has 0 radical (unpaired) electrons. The zero-order valence-electron chi connectivity index (χ0n) is 47.2. The number of nitrogens with zero attached hydrogens (tertiary/aromatic N) is 3.